The van der Waals surface area contributed by atoms with Crippen molar-refractivity contribution in [1.29, 1.82) is 0 Å². The molecule has 0 spiro atoms. The molecular weight excluding hydrogens is 397 g/mol. The maximum atomic E-state index is 13.3. The second kappa shape index (κ2) is 11.0. The highest BCUT2D eigenvalue weighted by Crippen LogP contribution is 2.19. The van der Waals surface area contributed by atoms with E-state index in [-0.39, 0.29) is 11.7 Å². The number of rotatable bonds is 9. The number of halogens is 1. The highest BCUT2D eigenvalue weighted by molar-refractivity contribution is 5.94. The van der Waals surface area contributed by atoms with Gasteiger partial charge in [-0.3, -0.25) is 9.79 Å². The van der Waals surface area contributed by atoms with E-state index in [4.69, 9.17) is 4.74 Å². The Morgan fingerprint density at radius 2 is 1.97 bits per heavy atom. The number of guanidine groups is 1. The van der Waals surface area contributed by atoms with Crippen molar-refractivity contribution < 1.29 is 13.9 Å². The molecule has 8 heteroatoms. The Hall–Kier alpha value is -3.55. The van der Waals surface area contributed by atoms with E-state index in [0.717, 1.165) is 29.4 Å². The Morgan fingerprint density at radius 3 is 2.77 bits per heavy atom. The predicted octanol–water partition coefficient (Wildman–Crippen LogP) is 2.84. The molecule has 0 bridgehead atoms. The van der Waals surface area contributed by atoms with Crippen molar-refractivity contribution in [3.8, 4) is 5.75 Å². The van der Waals surface area contributed by atoms with Gasteiger partial charge in [-0.25, -0.2) is 4.39 Å². The van der Waals surface area contributed by atoms with Crippen LogP contribution in [0.3, 0.4) is 0 Å². The number of carbonyl (C=O) groups excluding carboxylic acids is 1. The first-order valence-electron chi connectivity index (χ1n) is 10.3. The van der Waals surface area contributed by atoms with Crippen LogP contribution >= 0.6 is 0 Å². The average Bonchev–Trinajstić information content (AvgIpc) is 3.18. The number of nitrogens with one attached hydrogen (secondary N) is 4. The van der Waals surface area contributed by atoms with Crippen LogP contribution in [-0.2, 0) is 6.42 Å². The van der Waals surface area contributed by atoms with Crippen molar-refractivity contribution in [3.05, 3.63) is 65.6 Å². The molecule has 0 saturated carbocycles. The summed E-state index contributed by atoms with van der Waals surface area (Å²) in [6, 6.07) is 11.8. The van der Waals surface area contributed by atoms with Gasteiger partial charge in [0.15, 0.2) is 5.96 Å². The van der Waals surface area contributed by atoms with Gasteiger partial charge in [-0.15, -0.1) is 0 Å². The monoisotopic (exact) mass is 425 g/mol. The quantitative estimate of drug-likeness (QED) is 0.241. The average molecular weight is 426 g/mol. The fourth-order valence-corrected chi connectivity index (χ4v) is 3.22. The van der Waals surface area contributed by atoms with E-state index in [9.17, 15) is 9.18 Å². The molecule has 164 valence electrons. The molecule has 0 aliphatic carbocycles. The van der Waals surface area contributed by atoms with Crippen molar-refractivity contribution in [1.82, 2.24) is 20.9 Å². The lowest BCUT2D eigenvalue weighted by Gasteiger charge is -2.12. The number of hydrogen-bond donors (Lipinski definition) is 4. The Morgan fingerprint density at radius 1 is 1.13 bits per heavy atom. The van der Waals surface area contributed by atoms with Crippen molar-refractivity contribution in [3.63, 3.8) is 0 Å². The van der Waals surface area contributed by atoms with Crippen molar-refractivity contribution in [2.45, 2.75) is 13.3 Å². The van der Waals surface area contributed by atoms with Crippen LogP contribution in [0.25, 0.3) is 10.9 Å². The number of ether oxygens (including phenoxy) is 1. The van der Waals surface area contributed by atoms with Crippen molar-refractivity contribution in [2.75, 3.05) is 33.3 Å². The van der Waals surface area contributed by atoms with E-state index in [0.29, 0.717) is 36.9 Å². The summed E-state index contributed by atoms with van der Waals surface area (Å²) in [4.78, 5) is 19.9. The lowest BCUT2D eigenvalue weighted by molar-refractivity contribution is 0.0954. The van der Waals surface area contributed by atoms with Crippen LogP contribution in [0.5, 0.6) is 5.75 Å². The highest BCUT2D eigenvalue weighted by Gasteiger charge is 2.07. The molecule has 1 amide bonds. The Kier molecular flexibility index (Phi) is 7.86. The van der Waals surface area contributed by atoms with Crippen molar-refractivity contribution in [2.24, 2.45) is 4.99 Å². The minimum absolute atomic E-state index is 0.154. The molecule has 0 unspecified atom stereocenters. The Labute approximate surface area is 181 Å². The number of H-pyrrole nitrogens is 1. The first-order valence-corrected chi connectivity index (χ1v) is 10.3. The van der Waals surface area contributed by atoms with Gasteiger partial charge < -0.3 is 25.7 Å². The molecule has 3 aromatic rings. The molecule has 0 fully saturated rings. The highest BCUT2D eigenvalue weighted by atomic mass is 19.1. The standard InChI is InChI=1S/C23H28FN5O2/c1-3-25-23(27-10-9-17-15-29-21-14-18(24)7-8-20(17)21)28-12-11-26-22(30)16-5-4-6-19(13-16)31-2/h4-8,13-15,29H,3,9-12H2,1-2H3,(H,26,30)(H2,25,27,28). The Bertz CT molecular complexity index is 1050. The normalized spacial score (nSPS) is 11.4. The smallest absolute Gasteiger partial charge is 0.251 e. The number of benzene rings is 2. The van der Waals surface area contributed by atoms with E-state index in [2.05, 4.69) is 25.9 Å². The number of nitrogens with zero attached hydrogens (tertiary/aromatic N) is 1. The third-order valence-electron chi connectivity index (χ3n) is 4.76. The second-order valence-corrected chi connectivity index (χ2v) is 6.93. The molecule has 1 heterocycles. The number of aromatic nitrogens is 1. The van der Waals surface area contributed by atoms with Gasteiger partial charge in [-0.2, -0.15) is 0 Å². The van der Waals surface area contributed by atoms with Gasteiger partial charge in [0, 0.05) is 48.8 Å². The molecule has 4 N–H and O–H groups in total. The molecule has 7 nitrogen and oxygen atoms in total. The number of amides is 1. The molecule has 1 aromatic heterocycles. The summed E-state index contributed by atoms with van der Waals surface area (Å²) in [6.45, 7) is 4.29. The predicted molar refractivity (Wildman–Crippen MR) is 121 cm³/mol. The molecule has 31 heavy (non-hydrogen) atoms. The zero-order chi connectivity index (χ0) is 22.1. The zero-order valence-corrected chi connectivity index (χ0v) is 17.8. The van der Waals surface area contributed by atoms with Gasteiger partial charge in [0.05, 0.1) is 7.11 Å². The largest absolute Gasteiger partial charge is 0.497 e. The summed E-state index contributed by atoms with van der Waals surface area (Å²) in [5.41, 5.74) is 2.44. The van der Waals surface area contributed by atoms with E-state index in [1.807, 2.05) is 13.1 Å². The molecule has 3 rings (SSSR count). The van der Waals surface area contributed by atoms with Gasteiger partial charge in [0.25, 0.3) is 5.91 Å². The third-order valence-corrected chi connectivity index (χ3v) is 4.76. The minimum atomic E-state index is -0.254. The van der Waals surface area contributed by atoms with Crippen LogP contribution in [0, 0.1) is 5.82 Å². The van der Waals surface area contributed by atoms with Gasteiger partial charge in [0.2, 0.25) is 0 Å². The number of carbonyl (C=O) groups is 1. The van der Waals surface area contributed by atoms with Crippen LogP contribution in [0.1, 0.15) is 22.8 Å². The number of methoxy groups -OCH3 is 1. The summed E-state index contributed by atoms with van der Waals surface area (Å²) >= 11 is 0. The maximum absolute atomic E-state index is 13.3. The molecule has 0 aliphatic rings. The van der Waals surface area contributed by atoms with Gasteiger partial charge in [-0.1, -0.05) is 6.07 Å². The molecule has 0 radical (unpaired) electrons. The molecule has 0 saturated heterocycles. The van der Waals surface area contributed by atoms with Crippen LogP contribution < -0.4 is 20.7 Å². The summed E-state index contributed by atoms with van der Waals surface area (Å²) in [6.07, 6.45) is 2.63. The molecule has 2 aromatic carbocycles. The van der Waals surface area contributed by atoms with Crippen LogP contribution in [0.4, 0.5) is 4.39 Å². The minimum Gasteiger partial charge on any atom is -0.497 e. The molecular formula is C23H28FN5O2. The van der Waals surface area contributed by atoms with E-state index >= 15 is 0 Å². The number of aromatic amines is 1. The fourth-order valence-electron chi connectivity index (χ4n) is 3.22. The summed E-state index contributed by atoms with van der Waals surface area (Å²) in [7, 11) is 1.57. The van der Waals surface area contributed by atoms with Gasteiger partial charge >= 0.3 is 0 Å². The van der Waals surface area contributed by atoms with E-state index < -0.39 is 0 Å². The lowest BCUT2D eigenvalue weighted by atomic mass is 10.1. The first-order chi connectivity index (χ1) is 15.1. The first kappa shape index (κ1) is 22.1. The SMILES string of the molecule is CCNC(=NCCc1c[nH]c2cc(F)ccc12)NCCNC(=O)c1cccc(OC)c1. The number of aliphatic imine (C=N–C) groups is 1. The second-order valence-electron chi connectivity index (χ2n) is 6.93. The Balaban J connectivity index is 1.47. The van der Waals surface area contributed by atoms with Gasteiger partial charge in [0.1, 0.15) is 11.6 Å². The van der Waals surface area contributed by atoms with Crippen LogP contribution in [0.2, 0.25) is 0 Å². The van der Waals surface area contributed by atoms with Crippen LogP contribution in [-0.4, -0.2) is 50.1 Å². The van der Waals surface area contributed by atoms with Crippen LogP contribution in [0.15, 0.2) is 53.7 Å². The number of hydrogen-bond acceptors (Lipinski definition) is 3. The van der Waals surface area contributed by atoms with Gasteiger partial charge in [-0.05, 0) is 55.3 Å². The number of fused-ring (bicyclic) bond motifs is 1. The topological polar surface area (TPSA) is 90.5 Å². The summed E-state index contributed by atoms with van der Waals surface area (Å²) in [5.74, 6) is 0.922. The summed E-state index contributed by atoms with van der Waals surface area (Å²) in [5, 5.41) is 10.3. The summed E-state index contributed by atoms with van der Waals surface area (Å²) < 4.78 is 18.5. The zero-order valence-electron chi connectivity index (χ0n) is 17.8. The fraction of sp³-hybridized carbons (Fsp3) is 0.304. The van der Waals surface area contributed by atoms with E-state index in [1.54, 1.807) is 37.4 Å². The maximum Gasteiger partial charge on any atom is 0.251 e. The lowest BCUT2D eigenvalue weighted by Crippen LogP contribution is -2.41. The van der Waals surface area contributed by atoms with Crippen molar-refractivity contribution >= 4 is 22.8 Å². The molecule has 0 aliphatic heterocycles. The third kappa shape index (κ3) is 6.21. The van der Waals surface area contributed by atoms with E-state index in [1.165, 1.54) is 12.1 Å². The molecule has 0 atom stereocenters.